The smallest absolute Gasteiger partial charge is 0.418 e. The Morgan fingerprint density at radius 1 is 1.19 bits per heavy atom. The monoisotopic (exact) mass is 387 g/mol. The number of amides is 1. The van der Waals surface area contributed by atoms with Crippen molar-refractivity contribution in [3.8, 4) is 11.5 Å². The van der Waals surface area contributed by atoms with Crippen molar-refractivity contribution < 1.29 is 27.4 Å². The van der Waals surface area contributed by atoms with E-state index in [-0.39, 0.29) is 17.1 Å². The Kier molecular flexibility index (Phi) is 6.37. The Balaban J connectivity index is 2.19. The van der Waals surface area contributed by atoms with E-state index in [0.717, 1.165) is 12.1 Å². The van der Waals surface area contributed by atoms with Gasteiger partial charge in [0, 0.05) is 11.1 Å². The highest BCUT2D eigenvalue weighted by Crippen LogP contribution is 2.36. The van der Waals surface area contributed by atoms with Crippen LogP contribution in [0.4, 0.5) is 18.9 Å². The summed E-state index contributed by atoms with van der Waals surface area (Å²) in [6.07, 6.45) is -5.36. The number of carbonyl (C=O) groups is 1. The number of hydrogen-bond acceptors (Lipinski definition) is 3. The van der Waals surface area contributed by atoms with Crippen LogP contribution in [0.5, 0.6) is 11.5 Å². The molecule has 0 aliphatic carbocycles. The summed E-state index contributed by atoms with van der Waals surface area (Å²) >= 11 is 5.64. The summed E-state index contributed by atoms with van der Waals surface area (Å²) in [5.74, 6) is 0.219. The van der Waals surface area contributed by atoms with E-state index in [4.69, 9.17) is 21.1 Å². The fraction of sp³-hybridized carbons (Fsp3) is 0.278. The fourth-order valence-electron chi connectivity index (χ4n) is 2.23. The molecule has 4 nitrogen and oxygen atoms in total. The van der Waals surface area contributed by atoms with E-state index in [1.165, 1.54) is 13.2 Å². The van der Waals surface area contributed by atoms with E-state index < -0.39 is 23.8 Å². The first kappa shape index (κ1) is 19.9. The van der Waals surface area contributed by atoms with E-state index in [9.17, 15) is 18.0 Å². The molecule has 0 aliphatic heterocycles. The molecule has 26 heavy (non-hydrogen) atoms. The number of alkyl halides is 3. The summed E-state index contributed by atoms with van der Waals surface area (Å²) in [4.78, 5) is 12.4. The summed E-state index contributed by atoms with van der Waals surface area (Å²) < 4.78 is 50.1. The molecule has 2 rings (SSSR count). The highest BCUT2D eigenvalue weighted by molar-refractivity contribution is 6.30. The number of ether oxygens (including phenoxy) is 2. The summed E-state index contributed by atoms with van der Waals surface area (Å²) in [6.45, 7) is 1.69. The lowest BCUT2D eigenvalue weighted by Gasteiger charge is -2.19. The predicted molar refractivity (Wildman–Crippen MR) is 92.8 cm³/mol. The molecular formula is C18H17ClF3NO3. The van der Waals surface area contributed by atoms with E-state index >= 15 is 0 Å². The average Bonchev–Trinajstić information content (AvgIpc) is 2.60. The highest BCUT2D eigenvalue weighted by atomic mass is 35.5. The van der Waals surface area contributed by atoms with Crippen molar-refractivity contribution in [1.82, 2.24) is 0 Å². The van der Waals surface area contributed by atoms with Crippen molar-refractivity contribution in [2.75, 3.05) is 12.4 Å². The molecule has 1 amide bonds. The van der Waals surface area contributed by atoms with Crippen LogP contribution in [0.25, 0.3) is 0 Å². The minimum Gasteiger partial charge on any atom is -0.497 e. The molecule has 1 N–H and O–H groups in total. The molecule has 1 unspecified atom stereocenters. The van der Waals surface area contributed by atoms with Crippen molar-refractivity contribution in [2.24, 2.45) is 0 Å². The summed E-state index contributed by atoms with van der Waals surface area (Å²) in [7, 11) is 1.49. The van der Waals surface area contributed by atoms with E-state index in [0.29, 0.717) is 11.5 Å². The number of anilines is 1. The van der Waals surface area contributed by atoms with Gasteiger partial charge in [-0.3, -0.25) is 4.79 Å². The zero-order valence-corrected chi connectivity index (χ0v) is 14.8. The fourth-order valence-corrected chi connectivity index (χ4v) is 2.41. The lowest BCUT2D eigenvalue weighted by Crippen LogP contribution is -2.33. The number of nitrogens with one attached hydrogen (secondary N) is 1. The first-order valence-corrected chi connectivity index (χ1v) is 8.10. The third kappa shape index (κ3) is 5.05. The van der Waals surface area contributed by atoms with Gasteiger partial charge in [0.25, 0.3) is 5.91 Å². The molecule has 140 valence electrons. The van der Waals surface area contributed by atoms with Gasteiger partial charge >= 0.3 is 6.18 Å². The van der Waals surface area contributed by atoms with Gasteiger partial charge in [-0.25, -0.2) is 0 Å². The second kappa shape index (κ2) is 8.31. The molecular weight excluding hydrogens is 371 g/mol. The Morgan fingerprint density at radius 2 is 1.88 bits per heavy atom. The SMILES string of the molecule is CCC(Oc1cccc(OC)c1)C(=O)Nc1ccc(Cl)cc1C(F)(F)F. The number of hydrogen-bond donors (Lipinski definition) is 1. The molecule has 2 aromatic carbocycles. The topological polar surface area (TPSA) is 47.6 Å². The van der Waals surface area contributed by atoms with Crippen LogP contribution in [0, 0.1) is 0 Å². The molecule has 2 aromatic rings. The number of rotatable bonds is 6. The van der Waals surface area contributed by atoms with Gasteiger partial charge in [0.1, 0.15) is 11.5 Å². The lowest BCUT2D eigenvalue weighted by molar-refractivity contribution is -0.137. The van der Waals surface area contributed by atoms with Crippen molar-refractivity contribution in [3.63, 3.8) is 0 Å². The first-order chi connectivity index (χ1) is 12.2. The predicted octanol–water partition coefficient (Wildman–Crippen LogP) is 5.16. The molecule has 0 saturated carbocycles. The van der Waals surface area contributed by atoms with Gasteiger partial charge in [-0.05, 0) is 36.8 Å². The molecule has 0 aliphatic rings. The molecule has 0 aromatic heterocycles. The van der Waals surface area contributed by atoms with Crippen molar-refractivity contribution in [3.05, 3.63) is 53.1 Å². The zero-order valence-electron chi connectivity index (χ0n) is 14.1. The van der Waals surface area contributed by atoms with Crippen LogP contribution in [-0.2, 0) is 11.0 Å². The third-order valence-electron chi connectivity index (χ3n) is 3.53. The van der Waals surface area contributed by atoms with Gasteiger partial charge in [-0.15, -0.1) is 0 Å². The highest BCUT2D eigenvalue weighted by Gasteiger charge is 2.34. The van der Waals surface area contributed by atoms with Crippen LogP contribution in [0.3, 0.4) is 0 Å². The Morgan fingerprint density at radius 3 is 2.50 bits per heavy atom. The van der Waals surface area contributed by atoms with Gasteiger partial charge in [0.15, 0.2) is 6.10 Å². The molecule has 0 radical (unpaired) electrons. The molecule has 0 heterocycles. The number of carbonyl (C=O) groups excluding carboxylic acids is 1. The van der Waals surface area contributed by atoms with Crippen LogP contribution < -0.4 is 14.8 Å². The van der Waals surface area contributed by atoms with Gasteiger partial charge in [0.2, 0.25) is 0 Å². The summed E-state index contributed by atoms with van der Waals surface area (Å²) in [6, 6.07) is 9.75. The van der Waals surface area contributed by atoms with Crippen LogP contribution >= 0.6 is 11.6 Å². The standard InChI is InChI=1S/C18H17ClF3NO3/c1-3-16(26-13-6-4-5-12(10-13)25-2)17(24)23-15-8-7-11(19)9-14(15)18(20,21)22/h4-10,16H,3H2,1-2H3,(H,23,24). The van der Waals surface area contributed by atoms with E-state index in [2.05, 4.69) is 5.32 Å². The number of benzene rings is 2. The zero-order chi connectivity index (χ0) is 19.3. The van der Waals surface area contributed by atoms with Gasteiger partial charge < -0.3 is 14.8 Å². The van der Waals surface area contributed by atoms with Crippen LogP contribution in [0.2, 0.25) is 5.02 Å². The van der Waals surface area contributed by atoms with E-state index in [1.807, 2.05) is 0 Å². The third-order valence-corrected chi connectivity index (χ3v) is 3.76. The van der Waals surface area contributed by atoms with E-state index in [1.54, 1.807) is 31.2 Å². The van der Waals surface area contributed by atoms with Crippen molar-refractivity contribution in [1.29, 1.82) is 0 Å². The molecule has 1 atom stereocenters. The Labute approximate surface area is 153 Å². The van der Waals surface area contributed by atoms with Crippen molar-refractivity contribution in [2.45, 2.75) is 25.6 Å². The van der Waals surface area contributed by atoms with Crippen LogP contribution in [-0.4, -0.2) is 19.1 Å². The quantitative estimate of drug-likeness (QED) is 0.744. The largest absolute Gasteiger partial charge is 0.497 e. The normalized spacial score (nSPS) is 12.4. The Bertz CT molecular complexity index is 781. The minimum atomic E-state index is -4.65. The molecule has 0 bridgehead atoms. The van der Waals surface area contributed by atoms with Crippen LogP contribution in [0.1, 0.15) is 18.9 Å². The van der Waals surface area contributed by atoms with Gasteiger partial charge in [-0.1, -0.05) is 24.6 Å². The maximum Gasteiger partial charge on any atom is 0.418 e. The summed E-state index contributed by atoms with van der Waals surface area (Å²) in [5.41, 5.74) is -1.39. The molecule has 0 spiro atoms. The second-order valence-electron chi connectivity index (χ2n) is 5.37. The maximum absolute atomic E-state index is 13.1. The first-order valence-electron chi connectivity index (χ1n) is 7.73. The molecule has 0 fully saturated rings. The number of halogens is 4. The lowest BCUT2D eigenvalue weighted by atomic mass is 10.1. The van der Waals surface area contributed by atoms with Gasteiger partial charge in [0.05, 0.1) is 18.4 Å². The minimum absolute atomic E-state index is 0.0741. The maximum atomic E-state index is 13.1. The van der Waals surface area contributed by atoms with Crippen molar-refractivity contribution >= 4 is 23.2 Å². The summed E-state index contributed by atoms with van der Waals surface area (Å²) in [5, 5.41) is 2.20. The molecule has 8 heteroatoms. The average molecular weight is 388 g/mol. The van der Waals surface area contributed by atoms with Crippen LogP contribution in [0.15, 0.2) is 42.5 Å². The molecule has 0 saturated heterocycles. The van der Waals surface area contributed by atoms with Gasteiger partial charge in [-0.2, -0.15) is 13.2 Å². The second-order valence-corrected chi connectivity index (χ2v) is 5.81. The Hall–Kier alpha value is -2.41. The number of methoxy groups -OCH3 is 1.